The van der Waals surface area contributed by atoms with Crippen molar-refractivity contribution in [2.45, 2.75) is 6.54 Å². The predicted molar refractivity (Wildman–Crippen MR) is 106 cm³/mol. The molecule has 0 saturated heterocycles. The molecule has 7 heteroatoms. The van der Waals surface area contributed by atoms with Crippen LogP contribution >= 0.6 is 0 Å². The van der Waals surface area contributed by atoms with Gasteiger partial charge in [-0.1, -0.05) is 30.3 Å². The number of phenols is 1. The molecule has 0 spiro atoms. The van der Waals surface area contributed by atoms with Gasteiger partial charge >= 0.3 is 0 Å². The summed E-state index contributed by atoms with van der Waals surface area (Å²) in [5.41, 5.74) is 2.76. The Morgan fingerprint density at radius 1 is 1.04 bits per heavy atom. The summed E-state index contributed by atoms with van der Waals surface area (Å²) in [4.78, 5) is 11.4. The van der Waals surface area contributed by atoms with Crippen molar-refractivity contribution in [3.05, 3.63) is 66.4 Å². The number of aryl methyl sites for hydroxylation is 1. The number of phenolic OH excluding ortho intramolecular Hbond substituents is 1. The molecule has 2 heterocycles. The van der Waals surface area contributed by atoms with Gasteiger partial charge in [0.15, 0.2) is 5.65 Å². The molecular formula is C20H20N6O. The van der Waals surface area contributed by atoms with Crippen LogP contribution in [0.3, 0.4) is 0 Å². The Morgan fingerprint density at radius 2 is 1.78 bits per heavy atom. The molecule has 0 aliphatic rings. The zero-order valence-corrected chi connectivity index (χ0v) is 15.2. The molecule has 136 valence electrons. The normalized spacial score (nSPS) is 10.9. The lowest BCUT2D eigenvalue weighted by atomic mass is 10.2. The van der Waals surface area contributed by atoms with Gasteiger partial charge in [-0.05, 0) is 29.8 Å². The van der Waals surface area contributed by atoms with Crippen LogP contribution in [0, 0.1) is 0 Å². The maximum absolute atomic E-state index is 9.48. The Bertz CT molecular complexity index is 1060. The molecule has 0 fully saturated rings. The fraction of sp³-hybridized carbons (Fsp3) is 0.150. The van der Waals surface area contributed by atoms with Crippen LogP contribution in [-0.2, 0) is 13.6 Å². The highest BCUT2D eigenvalue weighted by atomic mass is 16.3. The van der Waals surface area contributed by atoms with Crippen LogP contribution in [0.5, 0.6) is 5.75 Å². The van der Waals surface area contributed by atoms with Gasteiger partial charge in [-0.15, -0.1) is 0 Å². The average molecular weight is 360 g/mol. The van der Waals surface area contributed by atoms with Gasteiger partial charge in [-0.3, -0.25) is 4.68 Å². The Balaban J connectivity index is 1.71. The Hall–Kier alpha value is -3.61. The molecule has 0 atom stereocenters. The van der Waals surface area contributed by atoms with E-state index >= 15 is 0 Å². The van der Waals surface area contributed by atoms with Crippen molar-refractivity contribution in [3.8, 4) is 5.75 Å². The highest BCUT2D eigenvalue weighted by Crippen LogP contribution is 2.27. The molecule has 7 nitrogen and oxygen atoms in total. The van der Waals surface area contributed by atoms with Gasteiger partial charge < -0.3 is 15.3 Å². The Kier molecular flexibility index (Phi) is 4.33. The molecule has 0 bridgehead atoms. The number of fused-ring (bicyclic) bond motifs is 1. The molecule has 0 unspecified atom stereocenters. The van der Waals surface area contributed by atoms with Crippen molar-refractivity contribution >= 4 is 28.5 Å². The topological polar surface area (TPSA) is 79.1 Å². The number of aromatic hydroxyl groups is 1. The molecule has 4 rings (SSSR count). The fourth-order valence-electron chi connectivity index (χ4n) is 2.89. The minimum absolute atomic E-state index is 0.220. The highest BCUT2D eigenvalue weighted by Gasteiger charge is 2.14. The van der Waals surface area contributed by atoms with Crippen LogP contribution in [-0.4, -0.2) is 31.9 Å². The summed E-state index contributed by atoms with van der Waals surface area (Å²) in [6, 6.07) is 17.1. The van der Waals surface area contributed by atoms with E-state index < -0.39 is 0 Å². The number of rotatable bonds is 5. The minimum atomic E-state index is 0.220. The zero-order valence-electron chi connectivity index (χ0n) is 15.2. The molecule has 27 heavy (non-hydrogen) atoms. The van der Waals surface area contributed by atoms with E-state index in [0.29, 0.717) is 18.3 Å². The van der Waals surface area contributed by atoms with Crippen molar-refractivity contribution in [1.82, 2.24) is 19.7 Å². The molecule has 2 aromatic carbocycles. The number of anilines is 3. The second-order valence-electron chi connectivity index (χ2n) is 6.39. The molecule has 0 aliphatic heterocycles. The van der Waals surface area contributed by atoms with Gasteiger partial charge in [0.1, 0.15) is 11.6 Å². The van der Waals surface area contributed by atoms with Gasteiger partial charge in [-0.25, -0.2) is 0 Å². The lowest BCUT2D eigenvalue weighted by Gasteiger charge is -2.18. The van der Waals surface area contributed by atoms with Crippen molar-refractivity contribution < 1.29 is 5.11 Å². The van der Waals surface area contributed by atoms with Crippen LogP contribution in [0.4, 0.5) is 17.5 Å². The smallest absolute Gasteiger partial charge is 0.229 e. The standard InChI is InChI=1S/C20H20N6O/c1-25(13-14-6-4-3-5-7-14)20-23-18(17-12-21-26(2)19(17)24-20)22-15-8-10-16(27)11-9-15/h3-12,27H,13H2,1-2H3,(H,22,23,24). The van der Waals surface area contributed by atoms with E-state index in [0.717, 1.165) is 16.7 Å². The lowest BCUT2D eigenvalue weighted by molar-refractivity contribution is 0.475. The number of aromatic nitrogens is 4. The molecule has 0 amide bonds. The van der Waals surface area contributed by atoms with E-state index in [1.807, 2.05) is 37.2 Å². The first kappa shape index (κ1) is 16.8. The van der Waals surface area contributed by atoms with Gasteiger partial charge in [-0.2, -0.15) is 15.1 Å². The van der Waals surface area contributed by atoms with Gasteiger partial charge in [0.25, 0.3) is 0 Å². The van der Waals surface area contributed by atoms with E-state index in [-0.39, 0.29) is 5.75 Å². The third kappa shape index (κ3) is 3.52. The fourth-order valence-corrected chi connectivity index (χ4v) is 2.89. The van der Waals surface area contributed by atoms with Crippen LogP contribution < -0.4 is 10.2 Å². The maximum atomic E-state index is 9.48. The lowest BCUT2D eigenvalue weighted by Crippen LogP contribution is -2.19. The number of nitrogens with zero attached hydrogens (tertiary/aromatic N) is 5. The largest absolute Gasteiger partial charge is 0.508 e. The van der Waals surface area contributed by atoms with Crippen molar-refractivity contribution in [1.29, 1.82) is 0 Å². The Morgan fingerprint density at radius 3 is 2.52 bits per heavy atom. The van der Waals surface area contributed by atoms with Crippen LogP contribution in [0.2, 0.25) is 0 Å². The number of hydrogen-bond acceptors (Lipinski definition) is 6. The zero-order chi connectivity index (χ0) is 18.8. The predicted octanol–water partition coefficient (Wildman–Crippen LogP) is 3.45. The summed E-state index contributed by atoms with van der Waals surface area (Å²) in [6.45, 7) is 0.697. The van der Waals surface area contributed by atoms with Crippen LogP contribution in [0.15, 0.2) is 60.8 Å². The molecule has 2 aromatic heterocycles. The summed E-state index contributed by atoms with van der Waals surface area (Å²) in [7, 11) is 3.83. The molecule has 4 aromatic rings. The first-order valence-corrected chi connectivity index (χ1v) is 8.61. The molecule has 0 radical (unpaired) electrons. The summed E-state index contributed by atoms with van der Waals surface area (Å²) in [5.74, 6) is 1.50. The second-order valence-corrected chi connectivity index (χ2v) is 6.39. The van der Waals surface area contributed by atoms with E-state index in [2.05, 4.69) is 27.5 Å². The molecule has 0 aliphatic carbocycles. The summed E-state index contributed by atoms with van der Waals surface area (Å²) < 4.78 is 1.73. The summed E-state index contributed by atoms with van der Waals surface area (Å²) in [5, 5.41) is 17.9. The van der Waals surface area contributed by atoms with E-state index in [4.69, 9.17) is 4.98 Å². The quantitative estimate of drug-likeness (QED) is 0.531. The van der Waals surface area contributed by atoms with E-state index in [9.17, 15) is 5.11 Å². The van der Waals surface area contributed by atoms with E-state index in [1.165, 1.54) is 5.56 Å². The van der Waals surface area contributed by atoms with E-state index in [1.54, 1.807) is 35.1 Å². The third-order valence-corrected chi connectivity index (χ3v) is 4.31. The van der Waals surface area contributed by atoms with Crippen LogP contribution in [0.25, 0.3) is 11.0 Å². The summed E-state index contributed by atoms with van der Waals surface area (Å²) in [6.07, 6.45) is 1.75. The highest BCUT2D eigenvalue weighted by molar-refractivity contribution is 5.89. The first-order valence-electron chi connectivity index (χ1n) is 8.61. The average Bonchev–Trinajstić information content (AvgIpc) is 3.06. The van der Waals surface area contributed by atoms with Gasteiger partial charge in [0, 0.05) is 26.3 Å². The third-order valence-electron chi connectivity index (χ3n) is 4.31. The second kappa shape index (κ2) is 6.95. The van der Waals surface area contributed by atoms with Crippen LogP contribution in [0.1, 0.15) is 5.56 Å². The minimum Gasteiger partial charge on any atom is -0.508 e. The molecular weight excluding hydrogens is 340 g/mol. The number of hydrogen-bond donors (Lipinski definition) is 2. The van der Waals surface area contributed by atoms with Gasteiger partial charge in [0.05, 0.1) is 11.6 Å². The number of nitrogens with one attached hydrogen (secondary N) is 1. The van der Waals surface area contributed by atoms with Gasteiger partial charge in [0.2, 0.25) is 5.95 Å². The van der Waals surface area contributed by atoms with Crippen molar-refractivity contribution in [2.24, 2.45) is 7.05 Å². The first-order chi connectivity index (χ1) is 13.1. The number of benzene rings is 2. The molecule has 0 saturated carbocycles. The van der Waals surface area contributed by atoms with Crippen molar-refractivity contribution in [3.63, 3.8) is 0 Å². The summed E-state index contributed by atoms with van der Waals surface area (Å²) >= 11 is 0. The maximum Gasteiger partial charge on any atom is 0.229 e. The molecule has 2 N–H and O–H groups in total. The van der Waals surface area contributed by atoms with Crippen molar-refractivity contribution in [2.75, 3.05) is 17.3 Å². The monoisotopic (exact) mass is 360 g/mol. The SMILES string of the molecule is CN(Cc1ccccc1)c1nc(Nc2ccc(O)cc2)c2cnn(C)c2n1. The Labute approximate surface area is 156 Å².